The minimum Gasteiger partial charge on any atom is -0.462 e. The monoisotopic (exact) mass is 238 g/mol. The molecule has 0 aromatic rings. The number of rotatable bonds is 0. The van der Waals surface area contributed by atoms with E-state index >= 15 is 0 Å². The quantitative estimate of drug-likeness (QED) is 0.658. The van der Waals surface area contributed by atoms with E-state index in [1.54, 1.807) is 0 Å². The maximum absolute atomic E-state index is 11.4. The molecular weight excluding hydrogens is 216 g/mol. The number of fused-ring (bicyclic) bond motifs is 2. The van der Waals surface area contributed by atoms with Crippen LogP contribution in [0.5, 0.6) is 0 Å². The highest BCUT2D eigenvalue weighted by Crippen LogP contribution is 2.56. The van der Waals surface area contributed by atoms with Gasteiger partial charge in [0.2, 0.25) is 0 Å². The fourth-order valence-corrected chi connectivity index (χ4v) is 4.66. The Labute approximate surface area is 103 Å². The van der Waals surface area contributed by atoms with Crippen molar-refractivity contribution >= 4 is 5.97 Å². The Balaban J connectivity index is 1.90. The van der Waals surface area contributed by atoms with Crippen LogP contribution in [0, 0.1) is 23.2 Å². The lowest BCUT2D eigenvalue weighted by Gasteiger charge is -2.36. The summed E-state index contributed by atoms with van der Waals surface area (Å²) in [5, 5.41) is 10.3. The van der Waals surface area contributed by atoms with E-state index in [0.717, 1.165) is 25.7 Å². The molecule has 0 spiro atoms. The first-order chi connectivity index (χ1) is 8.00. The van der Waals surface area contributed by atoms with Crippen LogP contribution in [0.2, 0.25) is 0 Å². The largest absolute Gasteiger partial charge is 0.462 e. The lowest BCUT2D eigenvalue weighted by atomic mass is 9.70. The molecule has 0 unspecified atom stereocenters. The Morgan fingerprint density at radius 1 is 1.41 bits per heavy atom. The van der Waals surface area contributed by atoms with Gasteiger partial charge in [-0.2, -0.15) is 0 Å². The zero-order chi connectivity index (χ0) is 12.2. The third-order valence-electron chi connectivity index (χ3n) is 5.59. The first-order valence-electron chi connectivity index (χ1n) is 6.88. The summed E-state index contributed by atoms with van der Waals surface area (Å²) in [6.45, 7) is 4.48. The van der Waals surface area contributed by atoms with Gasteiger partial charge in [0.1, 0.15) is 6.10 Å². The van der Waals surface area contributed by atoms with Gasteiger partial charge in [-0.3, -0.25) is 4.79 Å². The lowest BCUT2D eigenvalue weighted by Crippen LogP contribution is -2.35. The molecule has 0 radical (unpaired) electrons. The van der Waals surface area contributed by atoms with Gasteiger partial charge in [-0.25, -0.2) is 0 Å². The van der Waals surface area contributed by atoms with Crippen molar-refractivity contribution < 1.29 is 14.6 Å². The van der Waals surface area contributed by atoms with Gasteiger partial charge in [0.15, 0.2) is 0 Å². The van der Waals surface area contributed by atoms with Gasteiger partial charge < -0.3 is 9.84 Å². The normalized spacial score (nSPS) is 53.8. The minimum atomic E-state index is -0.190. The molecule has 3 aliphatic rings. The average molecular weight is 238 g/mol. The van der Waals surface area contributed by atoms with Crippen LogP contribution in [-0.4, -0.2) is 23.3 Å². The van der Waals surface area contributed by atoms with Crippen molar-refractivity contribution in [3.63, 3.8) is 0 Å². The summed E-state index contributed by atoms with van der Waals surface area (Å²) >= 11 is 0. The zero-order valence-electron chi connectivity index (χ0n) is 10.7. The molecule has 1 saturated heterocycles. The summed E-state index contributed by atoms with van der Waals surface area (Å²) in [6, 6.07) is 0. The van der Waals surface area contributed by atoms with Crippen LogP contribution in [-0.2, 0) is 9.53 Å². The molecule has 0 aromatic carbocycles. The highest BCUT2D eigenvalue weighted by atomic mass is 16.5. The summed E-state index contributed by atoms with van der Waals surface area (Å²) in [4.78, 5) is 11.4. The minimum absolute atomic E-state index is 0.00676. The van der Waals surface area contributed by atoms with Gasteiger partial charge in [-0.05, 0) is 42.9 Å². The molecule has 3 rings (SSSR count). The van der Waals surface area contributed by atoms with Crippen LogP contribution in [0.4, 0.5) is 0 Å². The van der Waals surface area contributed by atoms with E-state index in [-0.39, 0.29) is 23.6 Å². The first kappa shape index (κ1) is 11.5. The van der Waals surface area contributed by atoms with Crippen molar-refractivity contribution in [2.24, 2.45) is 23.2 Å². The summed E-state index contributed by atoms with van der Waals surface area (Å²) in [5.41, 5.74) is 0.00676. The van der Waals surface area contributed by atoms with Gasteiger partial charge >= 0.3 is 5.97 Å². The van der Waals surface area contributed by atoms with Crippen molar-refractivity contribution in [1.82, 2.24) is 0 Å². The molecule has 96 valence electrons. The topological polar surface area (TPSA) is 46.5 Å². The van der Waals surface area contributed by atoms with Gasteiger partial charge in [-0.15, -0.1) is 0 Å². The molecule has 2 aliphatic carbocycles. The predicted molar refractivity (Wildman–Crippen MR) is 63.2 cm³/mol. The molecular formula is C14H22O3. The molecule has 3 heteroatoms. The Kier molecular flexibility index (Phi) is 2.51. The Morgan fingerprint density at radius 2 is 2.18 bits per heavy atom. The van der Waals surface area contributed by atoms with Crippen molar-refractivity contribution in [2.45, 2.75) is 58.2 Å². The molecule has 1 heterocycles. The molecule has 0 aromatic heterocycles. The van der Waals surface area contributed by atoms with Gasteiger partial charge in [0.05, 0.1) is 12.5 Å². The Bertz CT molecular complexity index is 340. The van der Waals surface area contributed by atoms with Crippen molar-refractivity contribution in [1.29, 1.82) is 0 Å². The molecule has 6 atom stereocenters. The summed E-state index contributed by atoms with van der Waals surface area (Å²) < 4.78 is 5.44. The van der Waals surface area contributed by atoms with E-state index in [9.17, 15) is 9.90 Å². The van der Waals surface area contributed by atoms with Crippen LogP contribution in [0.25, 0.3) is 0 Å². The smallest absolute Gasteiger partial charge is 0.306 e. The van der Waals surface area contributed by atoms with Crippen molar-refractivity contribution in [3.8, 4) is 0 Å². The standard InChI is InChI=1S/C14H22O3/c1-8-5-11-9(6-13(16)17-11)7-14(2)10(8)3-4-12(14)15/h8-12,15H,3-7H2,1-2H3/t8-,9+,10+,11+,12+,14+/m1/s1. The van der Waals surface area contributed by atoms with Crippen molar-refractivity contribution in [3.05, 3.63) is 0 Å². The molecule has 3 nitrogen and oxygen atoms in total. The van der Waals surface area contributed by atoms with Crippen LogP contribution >= 0.6 is 0 Å². The summed E-state index contributed by atoms with van der Waals surface area (Å²) in [7, 11) is 0. The molecule has 0 amide bonds. The van der Waals surface area contributed by atoms with Crippen LogP contribution in [0.1, 0.15) is 46.0 Å². The zero-order valence-corrected chi connectivity index (χ0v) is 10.7. The maximum atomic E-state index is 11.4. The van der Waals surface area contributed by atoms with Crippen molar-refractivity contribution in [2.75, 3.05) is 0 Å². The molecule has 1 N–H and O–H groups in total. The van der Waals surface area contributed by atoms with Gasteiger partial charge in [-0.1, -0.05) is 13.8 Å². The number of ether oxygens (including phenoxy) is 1. The molecule has 17 heavy (non-hydrogen) atoms. The van der Waals surface area contributed by atoms with E-state index in [1.165, 1.54) is 0 Å². The highest BCUT2D eigenvalue weighted by Gasteiger charge is 2.54. The second-order valence-corrected chi connectivity index (χ2v) is 6.62. The summed E-state index contributed by atoms with van der Waals surface area (Å²) in [5.74, 6) is 1.45. The van der Waals surface area contributed by atoms with Gasteiger partial charge in [0.25, 0.3) is 0 Å². The number of aliphatic hydroxyl groups is 1. The van der Waals surface area contributed by atoms with Crippen LogP contribution in [0.15, 0.2) is 0 Å². The van der Waals surface area contributed by atoms with Crippen LogP contribution < -0.4 is 0 Å². The first-order valence-corrected chi connectivity index (χ1v) is 6.88. The third kappa shape index (κ3) is 1.62. The number of aliphatic hydroxyl groups excluding tert-OH is 1. The average Bonchev–Trinajstić information content (AvgIpc) is 2.68. The number of hydrogen-bond acceptors (Lipinski definition) is 3. The van der Waals surface area contributed by atoms with E-state index < -0.39 is 0 Å². The third-order valence-corrected chi connectivity index (χ3v) is 5.59. The van der Waals surface area contributed by atoms with Crippen LogP contribution in [0.3, 0.4) is 0 Å². The molecule has 3 fully saturated rings. The fourth-order valence-electron chi connectivity index (χ4n) is 4.66. The molecule has 0 bridgehead atoms. The number of carbonyl (C=O) groups is 1. The fraction of sp³-hybridized carbons (Fsp3) is 0.929. The second-order valence-electron chi connectivity index (χ2n) is 6.62. The van der Waals surface area contributed by atoms with E-state index in [1.807, 2.05) is 0 Å². The number of carbonyl (C=O) groups excluding carboxylic acids is 1. The molecule has 1 aliphatic heterocycles. The molecule has 2 saturated carbocycles. The van der Waals surface area contributed by atoms with E-state index in [2.05, 4.69) is 13.8 Å². The van der Waals surface area contributed by atoms with E-state index in [0.29, 0.717) is 24.2 Å². The Morgan fingerprint density at radius 3 is 2.94 bits per heavy atom. The predicted octanol–water partition coefficient (Wildman–Crippen LogP) is 2.13. The lowest BCUT2D eigenvalue weighted by molar-refractivity contribution is -0.142. The Hall–Kier alpha value is -0.570. The number of hydrogen-bond donors (Lipinski definition) is 1. The second kappa shape index (κ2) is 3.71. The highest BCUT2D eigenvalue weighted by molar-refractivity contribution is 5.72. The van der Waals surface area contributed by atoms with Gasteiger partial charge in [0, 0.05) is 5.92 Å². The SMILES string of the molecule is C[C@@H]1C[C@@H]2OC(=O)C[C@H]2C[C@]2(C)[C@@H](O)CC[C@@H]12. The maximum Gasteiger partial charge on any atom is 0.306 e. The number of esters is 1. The summed E-state index contributed by atoms with van der Waals surface area (Å²) in [6.07, 6.45) is 4.50. The van der Waals surface area contributed by atoms with E-state index in [4.69, 9.17) is 4.74 Å².